The number of unbranched alkanes of at least 4 members (excludes halogenated alkanes) is 1. The fourth-order valence-electron chi connectivity index (χ4n) is 1.94. The summed E-state index contributed by atoms with van der Waals surface area (Å²) in [5, 5.41) is 6.55. The molecule has 22 heavy (non-hydrogen) atoms. The molecule has 0 bridgehead atoms. The van der Waals surface area contributed by atoms with Crippen molar-refractivity contribution < 1.29 is 9.47 Å². The van der Waals surface area contributed by atoms with E-state index in [2.05, 4.69) is 27.8 Å². The van der Waals surface area contributed by atoms with Crippen LogP contribution >= 0.6 is 0 Å². The van der Waals surface area contributed by atoms with Crippen molar-refractivity contribution in [2.45, 2.75) is 25.9 Å². The SMILES string of the molecule is CN=C(NCCCCOCc1ccccc1)NCCCOC. The maximum absolute atomic E-state index is 5.66. The van der Waals surface area contributed by atoms with Crippen LogP contribution in [0.25, 0.3) is 0 Å². The highest BCUT2D eigenvalue weighted by atomic mass is 16.5. The Morgan fingerprint density at radius 3 is 2.41 bits per heavy atom. The molecular weight excluding hydrogens is 278 g/mol. The molecule has 0 aliphatic heterocycles. The highest BCUT2D eigenvalue weighted by Gasteiger charge is 1.97. The van der Waals surface area contributed by atoms with Gasteiger partial charge in [0.15, 0.2) is 5.96 Å². The quantitative estimate of drug-likeness (QED) is 0.374. The van der Waals surface area contributed by atoms with Gasteiger partial charge in [0.2, 0.25) is 0 Å². The van der Waals surface area contributed by atoms with Crippen molar-refractivity contribution in [1.82, 2.24) is 10.6 Å². The van der Waals surface area contributed by atoms with Crippen molar-refractivity contribution in [3.8, 4) is 0 Å². The van der Waals surface area contributed by atoms with Crippen LogP contribution in [0.4, 0.5) is 0 Å². The standard InChI is InChI=1S/C17H29N3O2/c1-18-17(20-12-8-13-21-2)19-11-6-7-14-22-15-16-9-4-3-5-10-16/h3-5,9-10H,6-8,11-15H2,1-2H3,(H2,18,19,20). The second-order valence-corrected chi connectivity index (χ2v) is 5.02. The molecule has 0 spiro atoms. The molecule has 124 valence electrons. The van der Waals surface area contributed by atoms with Crippen LogP contribution in [0, 0.1) is 0 Å². The predicted octanol–water partition coefficient (Wildman–Crippen LogP) is 2.18. The lowest BCUT2D eigenvalue weighted by Gasteiger charge is -2.11. The van der Waals surface area contributed by atoms with Crippen molar-refractivity contribution in [2.75, 3.05) is 40.5 Å². The number of ether oxygens (including phenoxy) is 2. The van der Waals surface area contributed by atoms with Gasteiger partial charge in [0, 0.05) is 40.5 Å². The molecule has 0 aliphatic carbocycles. The lowest BCUT2D eigenvalue weighted by Crippen LogP contribution is -2.38. The zero-order valence-corrected chi connectivity index (χ0v) is 13.8. The first-order valence-corrected chi connectivity index (χ1v) is 7.92. The molecule has 5 heteroatoms. The van der Waals surface area contributed by atoms with Gasteiger partial charge in [0.05, 0.1) is 6.61 Å². The van der Waals surface area contributed by atoms with Crippen LogP contribution in [-0.4, -0.2) is 46.4 Å². The molecule has 1 aromatic rings. The van der Waals surface area contributed by atoms with Crippen molar-refractivity contribution >= 4 is 5.96 Å². The van der Waals surface area contributed by atoms with Crippen LogP contribution in [-0.2, 0) is 16.1 Å². The molecule has 0 amide bonds. The van der Waals surface area contributed by atoms with E-state index in [-0.39, 0.29) is 0 Å². The second kappa shape index (κ2) is 13.1. The zero-order chi connectivity index (χ0) is 15.9. The topological polar surface area (TPSA) is 54.9 Å². The minimum atomic E-state index is 0.691. The molecule has 0 aliphatic rings. The highest BCUT2D eigenvalue weighted by Crippen LogP contribution is 2.01. The summed E-state index contributed by atoms with van der Waals surface area (Å²) in [6, 6.07) is 10.3. The fourth-order valence-corrected chi connectivity index (χ4v) is 1.94. The van der Waals surface area contributed by atoms with E-state index in [1.807, 2.05) is 18.2 Å². The fraction of sp³-hybridized carbons (Fsp3) is 0.588. The molecule has 0 aromatic heterocycles. The number of guanidine groups is 1. The Hall–Kier alpha value is -1.59. The van der Waals surface area contributed by atoms with E-state index in [0.29, 0.717) is 6.61 Å². The Morgan fingerprint density at radius 1 is 1.00 bits per heavy atom. The van der Waals surface area contributed by atoms with Gasteiger partial charge in [0.25, 0.3) is 0 Å². The van der Waals surface area contributed by atoms with Crippen molar-refractivity contribution in [3.05, 3.63) is 35.9 Å². The average molecular weight is 307 g/mol. The Balaban J connectivity index is 1.95. The van der Waals surface area contributed by atoms with E-state index in [1.165, 1.54) is 5.56 Å². The van der Waals surface area contributed by atoms with Crippen molar-refractivity contribution in [1.29, 1.82) is 0 Å². The predicted molar refractivity (Wildman–Crippen MR) is 91.2 cm³/mol. The monoisotopic (exact) mass is 307 g/mol. The lowest BCUT2D eigenvalue weighted by molar-refractivity contribution is 0.117. The van der Waals surface area contributed by atoms with E-state index in [1.54, 1.807) is 14.2 Å². The highest BCUT2D eigenvalue weighted by molar-refractivity contribution is 5.79. The minimum Gasteiger partial charge on any atom is -0.385 e. The van der Waals surface area contributed by atoms with Gasteiger partial charge in [-0.25, -0.2) is 0 Å². The summed E-state index contributed by atoms with van der Waals surface area (Å²) in [6.07, 6.45) is 3.08. The van der Waals surface area contributed by atoms with Gasteiger partial charge in [-0.3, -0.25) is 4.99 Å². The summed E-state index contributed by atoms with van der Waals surface area (Å²) in [5.41, 5.74) is 1.22. The third-order valence-electron chi connectivity index (χ3n) is 3.16. The largest absolute Gasteiger partial charge is 0.385 e. The molecule has 0 radical (unpaired) electrons. The summed E-state index contributed by atoms with van der Waals surface area (Å²) < 4.78 is 10.7. The summed E-state index contributed by atoms with van der Waals surface area (Å²) in [6.45, 7) is 4.02. The molecule has 0 atom stereocenters. The molecule has 0 saturated heterocycles. The Labute approximate surface area is 134 Å². The Kier molecular flexibility index (Phi) is 11.0. The van der Waals surface area contributed by atoms with Crippen LogP contribution in [0.1, 0.15) is 24.8 Å². The molecule has 0 fully saturated rings. The Bertz CT molecular complexity index is 396. The first-order chi connectivity index (χ1) is 10.9. The average Bonchev–Trinajstić information content (AvgIpc) is 2.56. The number of benzene rings is 1. The third-order valence-corrected chi connectivity index (χ3v) is 3.16. The molecule has 1 aromatic carbocycles. The summed E-state index contributed by atoms with van der Waals surface area (Å²) in [7, 11) is 3.50. The Morgan fingerprint density at radius 2 is 1.73 bits per heavy atom. The van der Waals surface area contributed by atoms with Crippen molar-refractivity contribution in [3.63, 3.8) is 0 Å². The van der Waals surface area contributed by atoms with Gasteiger partial charge in [-0.1, -0.05) is 30.3 Å². The minimum absolute atomic E-state index is 0.691. The first kappa shape index (κ1) is 18.5. The van der Waals surface area contributed by atoms with E-state index >= 15 is 0 Å². The molecule has 1 rings (SSSR count). The molecule has 0 saturated carbocycles. The summed E-state index contributed by atoms with van der Waals surface area (Å²) >= 11 is 0. The van der Waals surface area contributed by atoms with Gasteiger partial charge >= 0.3 is 0 Å². The number of hydrogen-bond donors (Lipinski definition) is 2. The normalized spacial score (nSPS) is 11.5. The van der Waals surface area contributed by atoms with Gasteiger partial charge in [-0.15, -0.1) is 0 Å². The van der Waals surface area contributed by atoms with Gasteiger partial charge in [0.1, 0.15) is 0 Å². The van der Waals surface area contributed by atoms with Gasteiger partial charge in [-0.05, 0) is 24.8 Å². The molecule has 5 nitrogen and oxygen atoms in total. The smallest absolute Gasteiger partial charge is 0.190 e. The number of nitrogens with one attached hydrogen (secondary N) is 2. The molecule has 0 heterocycles. The number of hydrogen-bond acceptors (Lipinski definition) is 3. The lowest BCUT2D eigenvalue weighted by atomic mass is 10.2. The maximum Gasteiger partial charge on any atom is 0.190 e. The van der Waals surface area contributed by atoms with Crippen LogP contribution in [0.15, 0.2) is 35.3 Å². The molecule has 0 unspecified atom stereocenters. The molecule has 2 N–H and O–H groups in total. The van der Waals surface area contributed by atoms with E-state index < -0.39 is 0 Å². The number of rotatable bonds is 11. The first-order valence-electron chi connectivity index (χ1n) is 7.92. The summed E-state index contributed by atoms with van der Waals surface area (Å²) in [5.74, 6) is 0.848. The maximum atomic E-state index is 5.66. The van der Waals surface area contributed by atoms with E-state index in [0.717, 1.165) is 51.5 Å². The zero-order valence-electron chi connectivity index (χ0n) is 13.8. The third kappa shape index (κ3) is 9.37. The van der Waals surface area contributed by atoms with Gasteiger partial charge in [-0.2, -0.15) is 0 Å². The van der Waals surface area contributed by atoms with Gasteiger partial charge < -0.3 is 20.1 Å². The molecular formula is C17H29N3O2. The number of methoxy groups -OCH3 is 1. The van der Waals surface area contributed by atoms with E-state index in [9.17, 15) is 0 Å². The number of aliphatic imine (C=N–C) groups is 1. The second-order valence-electron chi connectivity index (χ2n) is 5.02. The van der Waals surface area contributed by atoms with Crippen LogP contribution in [0.2, 0.25) is 0 Å². The number of nitrogens with zero attached hydrogens (tertiary/aromatic N) is 1. The van der Waals surface area contributed by atoms with E-state index in [4.69, 9.17) is 9.47 Å². The van der Waals surface area contributed by atoms with Crippen molar-refractivity contribution in [2.24, 2.45) is 4.99 Å². The van der Waals surface area contributed by atoms with Crippen LogP contribution < -0.4 is 10.6 Å². The van der Waals surface area contributed by atoms with Crippen LogP contribution in [0.3, 0.4) is 0 Å². The summed E-state index contributed by atoms with van der Waals surface area (Å²) in [4.78, 5) is 4.18. The van der Waals surface area contributed by atoms with Crippen LogP contribution in [0.5, 0.6) is 0 Å².